The van der Waals surface area contributed by atoms with Crippen LogP contribution in [0.3, 0.4) is 0 Å². The molecule has 3 N–H and O–H groups in total. The van der Waals surface area contributed by atoms with Gasteiger partial charge in [0.1, 0.15) is 5.82 Å². The summed E-state index contributed by atoms with van der Waals surface area (Å²) in [7, 11) is 3.49. The van der Waals surface area contributed by atoms with Gasteiger partial charge in [-0.2, -0.15) is 10.4 Å². The Bertz CT molecular complexity index is 1440. The maximum atomic E-state index is 12.5. The van der Waals surface area contributed by atoms with Crippen LogP contribution < -0.4 is 20.4 Å². The molecule has 12 heteroatoms. The predicted molar refractivity (Wildman–Crippen MR) is 148 cm³/mol. The van der Waals surface area contributed by atoms with Crippen LogP contribution in [0.5, 0.6) is 0 Å². The van der Waals surface area contributed by atoms with E-state index < -0.39 is 0 Å². The van der Waals surface area contributed by atoms with Crippen LogP contribution in [-0.2, 0) is 9.53 Å². The van der Waals surface area contributed by atoms with Crippen LogP contribution >= 0.6 is 0 Å². The van der Waals surface area contributed by atoms with E-state index in [0.717, 1.165) is 49.7 Å². The summed E-state index contributed by atoms with van der Waals surface area (Å²) in [6.45, 7) is 5.94. The Balaban J connectivity index is 1.25. The Kier molecular flexibility index (Phi) is 6.28. The van der Waals surface area contributed by atoms with E-state index in [9.17, 15) is 10.1 Å². The van der Waals surface area contributed by atoms with Crippen molar-refractivity contribution in [3.8, 4) is 6.07 Å². The number of aromatic nitrogens is 4. The average Bonchev–Trinajstić information content (AvgIpc) is 3.49. The zero-order valence-electron chi connectivity index (χ0n) is 22.6. The number of nitrogens with two attached hydrogens (primary N) is 1. The normalized spacial score (nSPS) is 22.3. The number of anilines is 4. The number of hydrogen-bond acceptors (Lipinski definition) is 10. The smallest absolute Gasteiger partial charge is 0.241 e. The molecule has 2 fully saturated rings. The van der Waals surface area contributed by atoms with Gasteiger partial charge in [-0.1, -0.05) is 0 Å². The van der Waals surface area contributed by atoms with Crippen LogP contribution in [0.4, 0.5) is 23.0 Å². The Labute approximate surface area is 227 Å². The van der Waals surface area contributed by atoms with E-state index in [1.165, 1.54) is 0 Å². The number of H-pyrrole nitrogens is 1. The van der Waals surface area contributed by atoms with E-state index in [2.05, 4.69) is 33.0 Å². The lowest BCUT2D eigenvalue weighted by Crippen LogP contribution is -2.50. The third-order valence-electron chi connectivity index (χ3n) is 8.58. The highest BCUT2D eigenvalue weighted by atomic mass is 16.5. The summed E-state index contributed by atoms with van der Waals surface area (Å²) in [6, 6.07) is 7.79. The van der Waals surface area contributed by atoms with Crippen LogP contribution in [0, 0.1) is 16.7 Å². The molecular weight excluding hydrogens is 496 g/mol. The molecule has 0 unspecified atom stereocenters. The first kappa shape index (κ1) is 25.3. The lowest BCUT2D eigenvalue weighted by molar-refractivity contribution is -0.127. The number of likely N-dealkylation sites (N-methyl/N-ethyl adjacent to an activating group) is 1. The summed E-state index contributed by atoms with van der Waals surface area (Å²) in [4.78, 5) is 30.1. The summed E-state index contributed by atoms with van der Waals surface area (Å²) >= 11 is 0. The number of hydrogen-bond donors (Lipinski definition) is 2. The Morgan fingerprint density at radius 1 is 1.26 bits per heavy atom. The molecule has 2 saturated heterocycles. The highest BCUT2D eigenvalue weighted by Gasteiger charge is 2.47. The number of aromatic amines is 1. The number of amides is 1. The van der Waals surface area contributed by atoms with Crippen molar-refractivity contribution in [1.82, 2.24) is 25.1 Å². The quantitative estimate of drug-likeness (QED) is 0.510. The summed E-state index contributed by atoms with van der Waals surface area (Å²) in [5.41, 5.74) is 10.1. The van der Waals surface area contributed by atoms with Gasteiger partial charge in [0.25, 0.3) is 0 Å². The van der Waals surface area contributed by atoms with Crippen LogP contribution in [0.2, 0.25) is 0 Å². The molecular formula is C27H34N10O2. The van der Waals surface area contributed by atoms with Gasteiger partial charge in [-0.3, -0.25) is 9.89 Å². The van der Waals surface area contributed by atoms with Gasteiger partial charge in [-0.05, 0) is 38.0 Å². The summed E-state index contributed by atoms with van der Waals surface area (Å²) in [5, 5.41) is 17.2. The predicted octanol–water partition coefficient (Wildman–Crippen LogP) is 1.60. The van der Waals surface area contributed by atoms with E-state index in [4.69, 9.17) is 20.4 Å². The Morgan fingerprint density at radius 2 is 2.05 bits per heavy atom. The monoisotopic (exact) mass is 530 g/mol. The molecule has 5 heterocycles. The Hall–Kier alpha value is -3.95. The number of fused-ring (bicyclic) bond motifs is 2. The summed E-state index contributed by atoms with van der Waals surface area (Å²) < 4.78 is 5.86. The topological polar surface area (TPSA) is 144 Å². The van der Waals surface area contributed by atoms with Crippen molar-refractivity contribution in [2.24, 2.45) is 11.1 Å². The molecule has 3 aromatic rings. The van der Waals surface area contributed by atoms with Crippen molar-refractivity contribution in [1.29, 1.82) is 5.26 Å². The molecule has 204 valence electrons. The number of nitriles is 1. The van der Waals surface area contributed by atoms with Crippen molar-refractivity contribution < 1.29 is 9.53 Å². The minimum absolute atomic E-state index is 0.000891. The summed E-state index contributed by atoms with van der Waals surface area (Å²) in [6.07, 6.45) is 3.85. The van der Waals surface area contributed by atoms with Gasteiger partial charge in [0.2, 0.25) is 5.91 Å². The van der Waals surface area contributed by atoms with E-state index in [-0.39, 0.29) is 30.0 Å². The largest absolute Gasteiger partial charge is 0.376 e. The number of ether oxygens (including phenoxy) is 1. The molecule has 39 heavy (non-hydrogen) atoms. The second kappa shape index (κ2) is 9.66. The molecule has 0 radical (unpaired) electrons. The number of piperidine rings is 1. The van der Waals surface area contributed by atoms with Gasteiger partial charge in [0.05, 0.1) is 48.5 Å². The molecule has 2 aromatic heterocycles. The maximum Gasteiger partial charge on any atom is 0.241 e. The second-order valence-electron chi connectivity index (χ2n) is 11.0. The molecule has 0 bridgehead atoms. The molecule has 12 nitrogen and oxygen atoms in total. The number of nitrogens with zero attached hydrogens (tertiary/aromatic N) is 8. The highest BCUT2D eigenvalue weighted by Crippen LogP contribution is 2.42. The van der Waals surface area contributed by atoms with E-state index in [1.54, 1.807) is 25.1 Å². The second-order valence-corrected chi connectivity index (χ2v) is 11.0. The van der Waals surface area contributed by atoms with Crippen LogP contribution in [0.25, 0.3) is 11.2 Å². The fourth-order valence-corrected chi connectivity index (χ4v) is 6.00. The molecule has 3 aliphatic heterocycles. The average molecular weight is 531 g/mol. The first-order valence-electron chi connectivity index (χ1n) is 13.4. The van der Waals surface area contributed by atoms with Crippen LogP contribution in [0.15, 0.2) is 24.4 Å². The van der Waals surface area contributed by atoms with Gasteiger partial charge >= 0.3 is 0 Å². The molecule has 2 atom stereocenters. The van der Waals surface area contributed by atoms with Crippen LogP contribution in [0.1, 0.15) is 25.3 Å². The van der Waals surface area contributed by atoms with Crippen molar-refractivity contribution in [2.45, 2.75) is 31.9 Å². The molecule has 3 aliphatic rings. The Morgan fingerprint density at radius 3 is 2.74 bits per heavy atom. The van der Waals surface area contributed by atoms with E-state index in [0.29, 0.717) is 35.6 Å². The molecule has 1 aromatic carbocycles. The minimum atomic E-state index is 0.000891. The van der Waals surface area contributed by atoms with E-state index >= 15 is 0 Å². The first-order valence-corrected chi connectivity index (χ1v) is 13.4. The van der Waals surface area contributed by atoms with Gasteiger partial charge in [-0.15, -0.1) is 0 Å². The number of benzene rings is 1. The maximum absolute atomic E-state index is 12.5. The number of carbonyl (C=O) groups is 1. The zero-order chi connectivity index (χ0) is 27.3. The fourth-order valence-electron chi connectivity index (χ4n) is 6.00. The van der Waals surface area contributed by atoms with Gasteiger partial charge < -0.3 is 30.1 Å². The third-order valence-corrected chi connectivity index (χ3v) is 8.58. The van der Waals surface area contributed by atoms with Crippen molar-refractivity contribution in [2.75, 3.05) is 68.1 Å². The first-order chi connectivity index (χ1) is 18.8. The molecule has 1 amide bonds. The molecule has 6 rings (SSSR count). The number of nitrogens with one attached hydrogen (secondary N) is 1. The number of rotatable bonds is 4. The number of carbonyl (C=O) groups excluding carboxylic acids is 1. The highest BCUT2D eigenvalue weighted by molar-refractivity contribution is 5.92. The zero-order valence-corrected chi connectivity index (χ0v) is 22.6. The standard InChI is InChI=1S/C27H34N10O2/c1-17-24(29)27(16-39-17)6-8-35(9-7-27)21-14-30-23-25(31-21)32-33-26(23)37-11-10-36(15-22(38)34(2)3)20-12-18(13-28)4-5-19(20)37/h4-5,12,14,17,24H,6-11,15-16,29H2,1-3H3,(H,31,32,33)/t17-,24+/m0/s1. The van der Waals surface area contributed by atoms with Gasteiger partial charge in [0.15, 0.2) is 17.0 Å². The lowest BCUT2D eigenvalue weighted by atomic mass is 9.73. The SMILES string of the molecule is C[C@@H]1OCC2(CCN(c3cnc4c(N5CCN(CC(=O)N(C)C)c6cc(C#N)ccc65)n[nH]c4n3)CC2)[C@@H]1N. The molecule has 0 saturated carbocycles. The van der Waals surface area contributed by atoms with Gasteiger partial charge in [-0.25, -0.2) is 9.97 Å². The van der Waals surface area contributed by atoms with Crippen molar-refractivity contribution >= 4 is 40.1 Å². The molecule has 1 spiro atoms. The van der Waals surface area contributed by atoms with Crippen LogP contribution in [-0.4, -0.2) is 96.5 Å². The minimum Gasteiger partial charge on any atom is -0.376 e. The summed E-state index contributed by atoms with van der Waals surface area (Å²) in [5.74, 6) is 1.49. The van der Waals surface area contributed by atoms with Gasteiger partial charge in [0, 0.05) is 51.7 Å². The van der Waals surface area contributed by atoms with Crippen molar-refractivity contribution in [3.05, 3.63) is 30.0 Å². The van der Waals surface area contributed by atoms with Crippen molar-refractivity contribution in [3.63, 3.8) is 0 Å². The third kappa shape index (κ3) is 4.31. The lowest BCUT2D eigenvalue weighted by Gasteiger charge is -2.41. The molecule has 0 aliphatic carbocycles. The van der Waals surface area contributed by atoms with E-state index in [1.807, 2.05) is 23.2 Å². The fraction of sp³-hybridized carbons (Fsp3) is 0.519.